The molecule has 1 aliphatic rings. The molecule has 1 aromatic rings. The number of benzene rings is 1. The molecule has 2 rings (SSSR count). The Bertz CT molecular complexity index is 605. The Morgan fingerprint density at radius 1 is 1.36 bits per heavy atom. The summed E-state index contributed by atoms with van der Waals surface area (Å²) in [6.45, 7) is 2.63. The van der Waals surface area contributed by atoms with Crippen LogP contribution in [0, 0.1) is 5.92 Å². The minimum Gasteiger partial charge on any atom is -0.445 e. The van der Waals surface area contributed by atoms with Gasteiger partial charge in [0.15, 0.2) is 0 Å². The summed E-state index contributed by atoms with van der Waals surface area (Å²) in [4.78, 5) is 13.8. The Morgan fingerprint density at radius 2 is 2.05 bits per heavy atom. The van der Waals surface area contributed by atoms with Gasteiger partial charge in [0.25, 0.3) is 0 Å². The number of piperidine rings is 1. The van der Waals surface area contributed by atoms with E-state index in [-0.39, 0.29) is 30.4 Å². The van der Waals surface area contributed by atoms with Crippen LogP contribution in [0.15, 0.2) is 30.3 Å². The van der Waals surface area contributed by atoms with E-state index >= 15 is 0 Å². The number of carbonyl (C=O) groups excluding carboxylic acids is 1. The summed E-state index contributed by atoms with van der Waals surface area (Å²) in [5.41, 5.74) is 0.937. The number of carbonyl (C=O) groups is 1. The second kappa shape index (κ2) is 7.33. The number of ether oxygens (including phenoxy) is 1. The van der Waals surface area contributed by atoms with E-state index in [2.05, 4.69) is 0 Å². The molecule has 7 heteroatoms. The van der Waals surface area contributed by atoms with Crippen molar-refractivity contribution in [2.75, 3.05) is 12.3 Å². The molecular formula is C15H20ClNO4S. The van der Waals surface area contributed by atoms with E-state index in [1.54, 1.807) is 4.90 Å². The van der Waals surface area contributed by atoms with E-state index < -0.39 is 9.05 Å². The van der Waals surface area contributed by atoms with Crippen molar-refractivity contribution in [2.24, 2.45) is 5.92 Å². The van der Waals surface area contributed by atoms with Crippen molar-refractivity contribution in [1.29, 1.82) is 0 Å². The summed E-state index contributed by atoms with van der Waals surface area (Å²) >= 11 is 0. The molecule has 2 unspecified atom stereocenters. The summed E-state index contributed by atoms with van der Waals surface area (Å²) in [5, 5.41) is 0. The van der Waals surface area contributed by atoms with Gasteiger partial charge in [-0.25, -0.2) is 13.2 Å². The lowest BCUT2D eigenvalue weighted by molar-refractivity contribution is 0.0640. The Morgan fingerprint density at radius 3 is 2.64 bits per heavy atom. The summed E-state index contributed by atoms with van der Waals surface area (Å²) < 4.78 is 27.6. The van der Waals surface area contributed by atoms with Crippen LogP contribution in [-0.4, -0.2) is 37.8 Å². The van der Waals surface area contributed by atoms with Crippen molar-refractivity contribution in [2.45, 2.75) is 32.4 Å². The van der Waals surface area contributed by atoms with Crippen molar-refractivity contribution < 1.29 is 17.9 Å². The van der Waals surface area contributed by atoms with Crippen LogP contribution in [0.4, 0.5) is 4.79 Å². The third kappa shape index (κ3) is 5.18. The molecule has 1 amide bonds. The first-order chi connectivity index (χ1) is 10.3. The van der Waals surface area contributed by atoms with E-state index in [0.717, 1.165) is 5.56 Å². The number of likely N-dealkylation sites (tertiary alicyclic amines) is 1. The number of hydrogen-bond acceptors (Lipinski definition) is 4. The Labute approximate surface area is 135 Å². The minimum absolute atomic E-state index is 0.00401. The van der Waals surface area contributed by atoms with Gasteiger partial charge in [-0.05, 0) is 31.2 Å². The molecule has 0 bridgehead atoms. The van der Waals surface area contributed by atoms with Gasteiger partial charge in [0.1, 0.15) is 6.61 Å². The first-order valence-electron chi connectivity index (χ1n) is 7.25. The zero-order valence-corrected chi connectivity index (χ0v) is 14.0. The molecule has 1 fully saturated rings. The molecule has 1 aromatic carbocycles. The third-order valence-electron chi connectivity index (χ3n) is 3.86. The van der Waals surface area contributed by atoms with Crippen LogP contribution in [-0.2, 0) is 20.4 Å². The molecule has 5 nitrogen and oxygen atoms in total. The average Bonchev–Trinajstić information content (AvgIpc) is 2.44. The van der Waals surface area contributed by atoms with Crippen LogP contribution in [0.2, 0.25) is 0 Å². The van der Waals surface area contributed by atoms with Gasteiger partial charge in [-0.2, -0.15) is 0 Å². The lowest BCUT2D eigenvalue weighted by atomic mass is 9.93. The topological polar surface area (TPSA) is 63.7 Å². The average molecular weight is 346 g/mol. The molecule has 1 saturated heterocycles. The second-order valence-corrected chi connectivity index (χ2v) is 8.50. The molecule has 0 spiro atoms. The van der Waals surface area contributed by atoms with Crippen LogP contribution < -0.4 is 0 Å². The van der Waals surface area contributed by atoms with Crippen LogP contribution >= 0.6 is 10.7 Å². The molecule has 0 radical (unpaired) electrons. The standard InChI is InChI=1S/C15H20ClNO4S/c1-12-9-14(11-22(16,19)20)7-8-17(12)15(18)21-10-13-5-3-2-4-6-13/h2-6,12,14H,7-11H2,1H3. The lowest BCUT2D eigenvalue weighted by Crippen LogP contribution is -2.45. The maximum Gasteiger partial charge on any atom is 0.410 e. The zero-order chi connectivity index (χ0) is 16.2. The Kier molecular flexibility index (Phi) is 5.69. The maximum atomic E-state index is 12.1. The van der Waals surface area contributed by atoms with Crippen molar-refractivity contribution in [3.63, 3.8) is 0 Å². The largest absolute Gasteiger partial charge is 0.445 e. The number of rotatable bonds is 4. The molecule has 1 aliphatic heterocycles. The van der Waals surface area contributed by atoms with Crippen molar-refractivity contribution in [1.82, 2.24) is 4.90 Å². The minimum atomic E-state index is -3.49. The number of amides is 1. The summed E-state index contributed by atoms with van der Waals surface area (Å²) in [6, 6.07) is 9.43. The third-order valence-corrected chi connectivity index (χ3v) is 5.11. The number of hydrogen-bond donors (Lipinski definition) is 0. The van der Waals surface area contributed by atoms with E-state index in [1.807, 2.05) is 37.3 Å². The highest BCUT2D eigenvalue weighted by atomic mass is 35.7. The summed E-state index contributed by atoms with van der Waals surface area (Å²) in [5.74, 6) is -0.0399. The van der Waals surface area contributed by atoms with Gasteiger partial charge in [-0.3, -0.25) is 0 Å². The fourth-order valence-electron chi connectivity index (χ4n) is 2.78. The molecule has 2 atom stereocenters. The van der Waals surface area contributed by atoms with Gasteiger partial charge >= 0.3 is 6.09 Å². The highest BCUT2D eigenvalue weighted by molar-refractivity contribution is 8.13. The van der Waals surface area contributed by atoms with Crippen LogP contribution in [0.25, 0.3) is 0 Å². The monoisotopic (exact) mass is 345 g/mol. The first-order valence-corrected chi connectivity index (χ1v) is 9.72. The van der Waals surface area contributed by atoms with Gasteiger partial charge in [0.05, 0.1) is 5.75 Å². The van der Waals surface area contributed by atoms with E-state index in [0.29, 0.717) is 19.4 Å². The van der Waals surface area contributed by atoms with Crippen molar-refractivity contribution >= 4 is 25.8 Å². The van der Waals surface area contributed by atoms with Gasteiger partial charge in [-0.15, -0.1) is 0 Å². The summed E-state index contributed by atoms with van der Waals surface area (Å²) in [7, 11) is 1.80. The van der Waals surface area contributed by atoms with E-state index in [4.69, 9.17) is 15.4 Å². The first kappa shape index (κ1) is 17.1. The predicted molar refractivity (Wildman–Crippen MR) is 85.2 cm³/mol. The van der Waals surface area contributed by atoms with Gasteiger partial charge < -0.3 is 9.64 Å². The quantitative estimate of drug-likeness (QED) is 0.787. The van der Waals surface area contributed by atoms with Crippen LogP contribution in [0.3, 0.4) is 0 Å². The highest BCUT2D eigenvalue weighted by Gasteiger charge is 2.31. The maximum absolute atomic E-state index is 12.1. The summed E-state index contributed by atoms with van der Waals surface area (Å²) in [6.07, 6.45) is 0.881. The van der Waals surface area contributed by atoms with Crippen LogP contribution in [0.1, 0.15) is 25.3 Å². The normalized spacial score (nSPS) is 22.4. The van der Waals surface area contributed by atoms with Gasteiger partial charge in [0.2, 0.25) is 9.05 Å². The van der Waals surface area contributed by atoms with Gasteiger partial charge in [-0.1, -0.05) is 30.3 Å². The van der Waals surface area contributed by atoms with E-state index in [9.17, 15) is 13.2 Å². The molecule has 22 heavy (non-hydrogen) atoms. The predicted octanol–water partition coefficient (Wildman–Crippen LogP) is 2.99. The Balaban J connectivity index is 1.84. The Hall–Kier alpha value is -1.27. The molecule has 0 N–H and O–H groups in total. The fourth-order valence-corrected chi connectivity index (χ4v) is 4.18. The SMILES string of the molecule is CC1CC(CS(=O)(=O)Cl)CCN1C(=O)OCc1ccccc1. The zero-order valence-electron chi connectivity index (χ0n) is 12.4. The molecule has 1 heterocycles. The van der Waals surface area contributed by atoms with Crippen molar-refractivity contribution in [3.8, 4) is 0 Å². The highest BCUT2D eigenvalue weighted by Crippen LogP contribution is 2.25. The van der Waals surface area contributed by atoms with Crippen LogP contribution in [0.5, 0.6) is 0 Å². The number of halogens is 1. The lowest BCUT2D eigenvalue weighted by Gasteiger charge is -2.36. The molecule has 122 valence electrons. The number of nitrogens with zero attached hydrogens (tertiary/aromatic N) is 1. The van der Waals surface area contributed by atoms with E-state index in [1.165, 1.54) is 0 Å². The molecule has 0 aliphatic carbocycles. The smallest absolute Gasteiger partial charge is 0.410 e. The molecule has 0 aromatic heterocycles. The second-order valence-electron chi connectivity index (χ2n) is 5.68. The van der Waals surface area contributed by atoms with Crippen molar-refractivity contribution in [3.05, 3.63) is 35.9 Å². The fraction of sp³-hybridized carbons (Fsp3) is 0.533. The molecule has 0 saturated carbocycles. The molecular weight excluding hydrogens is 326 g/mol. The van der Waals surface area contributed by atoms with Gasteiger partial charge in [0, 0.05) is 23.3 Å².